The maximum Gasteiger partial charge on any atom is 0.119 e. The van der Waals surface area contributed by atoms with Gasteiger partial charge in [-0.3, -0.25) is 0 Å². The molecule has 6 N–H and O–H groups in total. The Balaban J connectivity index is 1.87. The van der Waals surface area contributed by atoms with Crippen LogP contribution >= 0.6 is 0 Å². The van der Waals surface area contributed by atoms with Gasteiger partial charge in [-0.05, 0) is 48.7 Å². The fraction of sp³-hybridized carbons (Fsp3) is 0.294. The summed E-state index contributed by atoms with van der Waals surface area (Å²) < 4.78 is 0. The van der Waals surface area contributed by atoms with Crippen molar-refractivity contribution in [1.82, 2.24) is 5.32 Å². The quantitative estimate of drug-likeness (QED) is 0.525. The van der Waals surface area contributed by atoms with Gasteiger partial charge in [-0.25, -0.2) is 0 Å². The molecular weight excluding hydrogens is 280 g/mol. The van der Waals surface area contributed by atoms with E-state index >= 15 is 0 Å². The highest BCUT2D eigenvalue weighted by atomic mass is 16.3. The van der Waals surface area contributed by atoms with Crippen molar-refractivity contribution >= 4 is 5.69 Å². The highest BCUT2D eigenvalue weighted by Gasteiger charge is 2.12. The molecule has 0 aliphatic carbocycles. The maximum atomic E-state index is 10.1. The molecular formula is C17H22N2O3. The standard InChI is InChI=1S/C17H22N2O3/c1-11(6-12-2-4-14(18)5-3-12)19-10-17(22)13-7-15(20)9-16(21)8-13/h2-5,7-9,11,17,19-22H,6,10,18H2,1H3/t11-,17+/m0/s1. The molecule has 0 heterocycles. The average Bonchev–Trinajstić information content (AvgIpc) is 2.46. The van der Waals surface area contributed by atoms with Gasteiger partial charge in [0.15, 0.2) is 0 Å². The maximum absolute atomic E-state index is 10.1. The number of hydrogen-bond donors (Lipinski definition) is 5. The van der Waals surface area contributed by atoms with Crippen molar-refractivity contribution in [3.05, 3.63) is 53.6 Å². The van der Waals surface area contributed by atoms with Crippen molar-refractivity contribution in [3.63, 3.8) is 0 Å². The zero-order valence-corrected chi connectivity index (χ0v) is 12.5. The molecule has 2 aromatic rings. The first-order valence-corrected chi connectivity index (χ1v) is 7.23. The molecule has 0 bridgehead atoms. The monoisotopic (exact) mass is 302 g/mol. The third-order valence-corrected chi connectivity index (χ3v) is 3.49. The molecule has 0 fully saturated rings. The molecule has 0 aromatic heterocycles. The number of phenols is 2. The number of phenolic OH excluding ortho intramolecular Hbond substituents is 2. The van der Waals surface area contributed by atoms with Crippen LogP contribution in [0.2, 0.25) is 0 Å². The van der Waals surface area contributed by atoms with Crippen LogP contribution in [0, 0.1) is 0 Å². The van der Waals surface area contributed by atoms with Crippen LogP contribution in [-0.4, -0.2) is 27.9 Å². The summed E-state index contributed by atoms with van der Waals surface area (Å²) in [6.45, 7) is 2.36. The van der Waals surface area contributed by atoms with Crippen LogP contribution in [0.15, 0.2) is 42.5 Å². The molecule has 0 aliphatic heterocycles. The second kappa shape index (κ2) is 7.15. The van der Waals surface area contributed by atoms with Crippen molar-refractivity contribution in [2.75, 3.05) is 12.3 Å². The average molecular weight is 302 g/mol. The summed E-state index contributed by atoms with van der Waals surface area (Å²) in [5, 5.41) is 32.2. The third kappa shape index (κ3) is 4.65. The predicted molar refractivity (Wildman–Crippen MR) is 86.8 cm³/mol. The van der Waals surface area contributed by atoms with Gasteiger partial charge in [0.25, 0.3) is 0 Å². The van der Waals surface area contributed by atoms with Crippen LogP contribution in [0.4, 0.5) is 5.69 Å². The van der Waals surface area contributed by atoms with E-state index in [1.165, 1.54) is 23.8 Å². The molecule has 0 aliphatic rings. The highest BCUT2D eigenvalue weighted by Crippen LogP contribution is 2.24. The Bertz CT molecular complexity index is 594. The number of benzene rings is 2. The summed E-state index contributed by atoms with van der Waals surface area (Å²) in [5.74, 6) is -0.132. The van der Waals surface area contributed by atoms with Crippen LogP contribution < -0.4 is 11.1 Å². The van der Waals surface area contributed by atoms with E-state index in [-0.39, 0.29) is 17.5 Å². The van der Waals surface area contributed by atoms with Gasteiger partial charge in [0, 0.05) is 24.3 Å². The van der Waals surface area contributed by atoms with Crippen molar-refractivity contribution < 1.29 is 15.3 Å². The number of nitrogens with one attached hydrogen (secondary N) is 1. The normalized spacial score (nSPS) is 13.7. The summed E-state index contributed by atoms with van der Waals surface area (Å²) in [7, 11) is 0. The number of hydrogen-bond acceptors (Lipinski definition) is 5. The van der Waals surface area contributed by atoms with Gasteiger partial charge in [0.1, 0.15) is 11.5 Å². The molecule has 0 radical (unpaired) electrons. The van der Waals surface area contributed by atoms with Gasteiger partial charge in [0.05, 0.1) is 6.10 Å². The minimum Gasteiger partial charge on any atom is -0.508 e. The smallest absolute Gasteiger partial charge is 0.119 e. The van der Waals surface area contributed by atoms with Crippen LogP contribution in [0.3, 0.4) is 0 Å². The first-order chi connectivity index (χ1) is 10.4. The van der Waals surface area contributed by atoms with Gasteiger partial charge in [-0.2, -0.15) is 0 Å². The molecule has 0 spiro atoms. The number of aromatic hydroxyl groups is 2. The summed E-state index contributed by atoms with van der Waals surface area (Å²) in [6.07, 6.45) is 0.0186. The number of nitrogen functional groups attached to an aromatic ring is 1. The zero-order chi connectivity index (χ0) is 16.1. The van der Waals surface area contributed by atoms with Gasteiger partial charge in [0.2, 0.25) is 0 Å². The molecule has 2 atom stereocenters. The number of aliphatic hydroxyl groups is 1. The van der Waals surface area contributed by atoms with Crippen molar-refractivity contribution in [2.45, 2.75) is 25.5 Å². The Morgan fingerprint density at radius 1 is 1.05 bits per heavy atom. The van der Waals surface area contributed by atoms with Gasteiger partial charge < -0.3 is 26.4 Å². The van der Waals surface area contributed by atoms with Crippen LogP contribution in [0.1, 0.15) is 24.2 Å². The highest BCUT2D eigenvalue weighted by molar-refractivity contribution is 5.39. The van der Waals surface area contributed by atoms with Crippen molar-refractivity contribution in [2.24, 2.45) is 0 Å². The van der Waals surface area contributed by atoms with E-state index in [1.807, 2.05) is 31.2 Å². The summed E-state index contributed by atoms with van der Waals surface area (Å²) in [4.78, 5) is 0. The SMILES string of the molecule is C[C@@H](Cc1ccc(N)cc1)NC[C@@H](O)c1cc(O)cc(O)c1. The minimum atomic E-state index is -0.799. The Hall–Kier alpha value is -2.24. The number of anilines is 1. The van der Waals surface area contributed by atoms with Gasteiger partial charge >= 0.3 is 0 Å². The second-order valence-electron chi connectivity index (χ2n) is 5.55. The van der Waals surface area contributed by atoms with E-state index in [9.17, 15) is 15.3 Å². The molecule has 2 rings (SSSR count). The summed E-state index contributed by atoms with van der Waals surface area (Å²) in [6, 6.07) is 12.0. The van der Waals surface area contributed by atoms with Crippen LogP contribution in [0.25, 0.3) is 0 Å². The lowest BCUT2D eigenvalue weighted by Crippen LogP contribution is -2.32. The Kier molecular flexibility index (Phi) is 5.25. The van der Waals surface area contributed by atoms with E-state index < -0.39 is 6.10 Å². The topological polar surface area (TPSA) is 98.7 Å². The molecule has 0 saturated carbocycles. The summed E-state index contributed by atoms with van der Waals surface area (Å²) in [5.41, 5.74) is 8.04. The molecule has 5 heteroatoms. The minimum absolute atomic E-state index is 0.0658. The molecule has 2 aromatic carbocycles. The largest absolute Gasteiger partial charge is 0.508 e. The number of aliphatic hydroxyl groups excluding tert-OH is 1. The van der Waals surface area contributed by atoms with Crippen molar-refractivity contribution in [1.29, 1.82) is 0 Å². The Morgan fingerprint density at radius 3 is 2.23 bits per heavy atom. The molecule has 22 heavy (non-hydrogen) atoms. The molecule has 0 saturated heterocycles. The van der Waals surface area contributed by atoms with Gasteiger partial charge in [-0.15, -0.1) is 0 Å². The fourth-order valence-electron chi connectivity index (χ4n) is 2.32. The summed E-state index contributed by atoms with van der Waals surface area (Å²) >= 11 is 0. The molecule has 0 unspecified atom stereocenters. The Morgan fingerprint density at radius 2 is 1.64 bits per heavy atom. The van der Waals surface area contributed by atoms with E-state index in [1.54, 1.807) is 0 Å². The lowest BCUT2D eigenvalue weighted by Gasteiger charge is -2.18. The molecule has 0 amide bonds. The zero-order valence-electron chi connectivity index (χ0n) is 12.5. The van der Waals surface area contributed by atoms with E-state index in [0.717, 1.165) is 12.1 Å². The van der Waals surface area contributed by atoms with E-state index in [4.69, 9.17) is 5.73 Å². The van der Waals surface area contributed by atoms with Gasteiger partial charge in [-0.1, -0.05) is 12.1 Å². The first-order valence-electron chi connectivity index (χ1n) is 7.23. The van der Waals surface area contributed by atoms with E-state index in [0.29, 0.717) is 12.1 Å². The van der Waals surface area contributed by atoms with Crippen LogP contribution in [-0.2, 0) is 6.42 Å². The predicted octanol–water partition coefficient (Wildman–Crippen LogP) is 1.93. The lowest BCUT2D eigenvalue weighted by molar-refractivity contribution is 0.170. The second-order valence-corrected chi connectivity index (χ2v) is 5.55. The molecule has 5 nitrogen and oxygen atoms in total. The Labute approximate surface area is 130 Å². The lowest BCUT2D eigenvalue weighted by atomic mass is 10.1. The number of nitrogens with two attached hydrogens (primary N) is 1. The van der Waals surface area contributed by atoms with E-state index in [2.05, 4.69) is 5.32 Å². The first kappa shape index (κ1) is 16.1. The third-order valence-electron chi connectivity index (χ3n) is 3.49. The molecule has 118 valence electrons. The van der Waals surface area contributed by atoms with Crippen LogP contribution in [0.5, 0.6) is 11.5 Å². The fourth-order valence-corrected chi connectivity index (χ4v) is 2.32. The number of rotatable bonds is 6. The van der Waals surface area contributed by atoms with Crippen molar-refractivity contribution in [3.8, 4) is 11.5 Å².